The van der Waals surface area contributed by atoms with E-state index in [-0.39, 0.29) is 51.3 Å². The van der Waals surface area contributed by atoms with Crippen molar-refractivity contribution in [3.05, 3.63) is 115 Å². The number of phenols is 1. The number of aromatic carboxylic acids is 1. The number of H-pyrrole nitrogens is 1. The number of phosphoric ester groups is 1. The number of ether oxygens (including phenoxy) is 1. The molecule has 1 fully saturated rings. The van der Waals surface area contributed by atoms with Crippen molar-refractivity contribution < 1.29 is 85.6 Å². The average molecular weight is 898 g/mol. The molecule has 3 heterocycles. The molecule has 2 aliphatic heterocycles. The number of phenolic OH excluding ortho intramolecular Hbond substituents is 1. The summed E-state index contributed by atoms with van der Waals surface area (Å²) in [7, 11) is -17.2. The van der Waals surface area contributed by atoms with E-state index >= 15 is 0 Å². The lowest BCUT2D eigenvalue weighted by Crippen LogP contribution is -2.38. The highest BCUT2D eigenvalue weighted by Crippen LogP contribution is 2.66. The average Bonchev–Trinajstić information content (AvgIpc) is 3.42. The number of hydrogen-bond acceptors (Lipinski definition) is 16. The number of nitrogens with zero attached hydrogens (tertiary/aromatic N) is 1. The van der Waals surface area contributed by atoms with Crippen molar-refractivity contribution in [3.8, 4) is 28.2 Å². The summed E-state index contributed by atoms with van der Waals surface area (Å²) in [5, 5.41) is 44.2. The fraction of sp³-hybridized carbons (Fsp3) is 0.182. The second-order valence-electron chi connectivity index (χ2n) is 12.7. The maximum Gasteiger partial charge on any atom is 0.490 e. The Bertz CT molecular complexity index is 2850. The lowest BCUT2D eigenvalue weighted by molar-refractivity contribution is -0.0542. The van der Waals surface area contributed by atoms with Crippen molar-refractivity contribution in [1.29, 1.82) is 0 Å². The first kappa shape index (κ1) is 44.1. The van der Waals surface area contributed by atoms with Crippen LogP contribution in [0.5, 0.6) is 5.75 Å². The SMILES string of the molecule is O=C(NC/C=C/c1cn([C@@H]2O[C@H](COP(=O)(O)OP(=O)(O)OP(=O)(O)O)[C@@H](O)[C@H]2O)c(=O)[nH]c1=O)c1ccc(-c2c3ccc(=O)cc-3oc3cc(O)ccc23)c(C(=O)O)c1. The first-order valence-electron chi connectivity index (χ1n) is 16.7. The number of aromatic hydroxyl groups is 1. The van der Waals surface area contributed by atoms with Gasteiger partial charge in [-0.2, -0.15) is 8.62 Å². The molecule has 3 aliphatic rings. The molecule has 3 aromatic rings. The van der Waals surface area contributed by atoms with E-state index in [0.29, 0.717) is 21.1 Å². The summed E-state index contributed by atoms with van der Waals surface area (Å²) in [5.41, 5.74) is -2.06. The number of benzene rings is 3. The molecule has 0 saturated carbocycles. The van der Waals surface area contributed by atoms with Crippen molar-refractivity contribution in [1.82, 2.24) is 14.9 Å². The van der Waals surface area contributed by atoms with Gasteiger partial charge < -0.3 is 54.5 Å². The molecule has 27 heteroatoms. The quantitative estimate of drug-likeness (QED) is 0.0553. The van der Waals surface area contributed by atoms with Crippen LogP contribution in [0.1, 0.15) is 32.5 Å². The minimum atomic E-state index is -5.87. The van der Waals surface area contributed by atoms with Gasteiger partial charge >= 0.3 is 35.1 Å². The zero-order chi connectivity index (χ0) is 43.9. The van der Waals surface area contributed by atoms with Crippen LogP contribution in [0, 0.1) is 0 Å². The highest BCUT2D eigenvalue weighted by molar-refractivity contribution is 7.66. The third-order valence-corrected chi connectivity index (χ3v) is 12.4. The molecule has 318 valence electrons. The lowest BCUT2D eigenvalue weighted by Gasteiger charge is -2.19. The van der Waals surface area contributed by atoms with Crippen molar-refractivity contribution in [2.24, 2.45) is 0 Å². The van der Waals surface area contributed by atoms with E-state index in [4.69, 9.17) is 18.9 Å². The van der Waals surface area contributed by atoms with E-state index in [9.17, 15) is 67.9 Å². The summed E-state index contributed by atoms with van der Waals surface area (Å²) < 4.78 is 57.9. The number of hydrogen-bond donors (Lipinski definition) is 10. The number of phosphoric acid groups is 3. The smallest absolute Gasteiger partial charge is 0.490 e. The van der Waals surface area contributed by atoms with Crippen LogP contribution in [0.2, 0.25) is 0 Å². The predicted molar refractivity (Wildman–Crippen MR) is 202 cm³/mol. The summed E-state index contributed by atoms with van der Waals surface area (Å²) in [6.07, 6.45) is -4.15. The van der Waals surface area contributed by atoms with Gasteiger partial charge in [0.2, 0.25) is 0 Å². The van der Waals surface area contributed by atoms with Gasteiger partial charge in [-0.05, 0) is 42.0 Å². The van der Waals surface area contributed by atoms with Crippen molar-refractivity contribution in [3.63, 3.8) is 0 Å². The molecule has 60 heavy (non-hydrogen) atoms. The lowest BCUT2D eigenvalue weighted by atomic mass is 9.90. The molecule has 0 radical (unpaired) electrons. The number of aliphatic hydroxyl groups is 2. The van der Waals surface area contributed by atoms with Crippen LogP contribution in [0.15, 0.2) is 85.7 Å². The van der Waals surface area contributed by atoms with E-state index in [1.807, 2.05) is 4.98 Å². The molecule has 0 spiro atoms. The molecule has 2 aromatic carbocycles. The molecule has 1 aromatic heterocycles. The van der Waals surface area contributed by atoms with Gasteiger partial charge in [0.05, 0.1) is 17.7 Å². The summed E-state index contributed by atoms with van der Waals surface area (Å²) in [4.78, 5) is 101. The largest absolute Gasteiger partial charge is 0.508 e. The minimum absolute atomic E-state index is 0.0851. The summed E-state index contributed by atoms with van der Waals surface area (Å²) in [5.74, 6) is -2.17. The maximum absolute atomic E-state index is 13.1. The minimum Gasteiger partial charge on any atom is -0.508 e. The van der Waals surface area contributed by atoms with E-state index in [1.165, 1.54) is 54.6 Å². The normalized spacial score (nSPS) is 20.3. The zero-order valence-electron chi connectivity index (χ0n) is 29.8. The fourth-order valence-corrected chi connectivity index (χ4v) is 9.08. The number of nitrogens with one attached hydrogen (secondary N) is 2. The number of carboxylic acid groups (broad SMARTS) is 1. The standard InChI is InChI=1S/C33H30N3O21P3/c37-17-4-7-20-23(11-17)54-24-12-18(38)5-8-21(24)26(20)19-6-3-15(10-22(19)32(43)44)29(41)34-9-1-2-16-13-36(33(45)35-30(16)42)31-28(40)27(39)25(55-31)14-53-59(49,50)57-60(51,52)56-58(46,47)48/h1-8,10-13,25,27-28,31,37,39-40H,9,14H2,(H,34,41)(H,43,44)(H,49,50)(H,51,52)(H,35,42,45)(H2,46,47,48)/b2-1+/t25-,27-,28-,31-/m1/s1. The summed E-state index contributed by atoms with van der Waals surface area (Å²) in [6, 6.07) is 12.0. The molecule has 1 saturated heterocycles. The monoisotopic (exact) mass is 897 g/mol. The second-order valence-corrected chi connectivity index (χ2v) is 17.1. The molecule has 0 bridgehead atoms. The number of aromatic amines is 1. The van der Waals surface area contributed by atoms with Gasteiger partial charge in [0.25, 0.3) is 11.5 Å². The second kappa shape index (κ2) is 16.9. The Kier molecular flexibility index (Phi) is 12.4. The number of aromatic nitrogens is 2. The molecule has 1 aliphatic carbocycles. The van der Waals surface area contributed by atoms with E-state index in [2.05, 4.69) is 18.5 Å². The fourth-order valence-electron chi connectivity index (χ4n) is 6.05. The van der Waals surface area contributed by atoms with Crippen molar-refractivity contribution in [2.75, 3.05) is 13.2 Å². The Hall–Kier alpha value is -5.42. The summed E-state index contributed by atoms with van der Waals surface area (Å²) in [6.45, 7) is -1.44. The van der Waals surface area contributed by atoms with E-state index in [0.717, 1.165) is 18.3 Å². The van der Waals surface area contributed by atoms with Crippen LogP contribution < -0.4 is 22.0 Å². The Morgan fingerprint density at radius 1 is 0.900 bits per heavy atom. The number of carbonyl (C=O) groups excluding carboxylic acids is 1. The first-order valence-corrected chi connectivity index (χ1v) is 21.2. The molecule has 10 N–H and O–H groups in total. The van der Waals surface area contributed by atoms with Crippen LogP contribution in [0.4, 0.5) is 0 Å². The number of rotatable bonds is 14. The Morgan fingerprint density at radius 2 is 1.62 bits per heavy atom. The number of carboxylic acids is 1. The number of fused-ring (bicyclic) bond motifs is 2. The molecule has 24 nitrogen and oxygen atoms in total. The van der Waals surface area contributed by atoms with Crippen LogP contribution in [0.25, 0.3) is 39.5 Å². The zero-order valence-corrected chi connectivity index (χ0v) is 32.5. The molecule has 2 unspecified atom stereocenters. The Morgan fingerprint density at radius 3 is 2.32 bits per heavy atom. The van der Waals surface area contributed by atoms with Gasteiger partial charge in [0.15, 0.2) is 11.7 Å². The molecule has 6 rings (SSSR count). The van der Waals surface area contributed by atoms with Gasteiger partial charge in [-0.1, -0.05) is 18.2 Å². The third kappa shape index (κ3) is 9.95. The Balaban J connectivity index is 1.16. The highest BCUT2D eigenvalue weighted by Gasteiger charge is 2.47. The maximum atomic E-state index is 13.1. The van der Waals surface area contributed by atoms with Crippen LogP contribution in [-0.4, -0.2) is 92.9 Å². The van der Waals surface area contributed by atoms with Crippen LogP contribution >= 0.6 is 23.5 Å². The molecule has 1 amide bonds. The first-order chi connectivity index (χ1) is 28.0. The van der Waals surface area contributed by atoms with Gasteiger partial charge in [0.1, 0.15) is 35.4 Å². The van der Waals surface area contributed by atoms with E-state index in [1.54, 1.807) is 0 Å². The molecular weight excluding hydrogens is 867 g/mol. The van der Waals surface area contributed by atoms with Crippen LogP contribution in [0.3, 0.4) is 0 Å². The predicted octanol–water partition coefficient (Wildman–Crippen LogP) is 1.22. The number of carbonyl (C=O) groups is 2. The van der Waals surface area contributed by atoms with Gasteiger partial charge in [-0.3, -0.25) is 28.5 Å². The number of amides is 1. The van der Waals surface area contributed by atoms with Gasteiger partial charge in [0, 0.05) is 47.0 Å². The van der Waals surface area contributed by atoms with E-state index < -0.39 is 77.7 Å². The third-order valence-electron chi connectivity index (χ3n) is 8.56. The highest BCUT2D eigenvalue weighted by atomic mass is 31.3. The van der Waals surface area contributed by atoms with Crippen molar-refractivity contribution >= 4 is 52.4 Å². The van der Waals surface area contributed by atoms with Gasteiger partial charge in [-0.25, -0.2) is 23.3 Å². The topological polar surface area (TPSA) is 381 Å². The molecule has 6 atom stereocenters. The summed E-state index contributed by atoms with van der Waals surface area (Å²) >= 11 is 0. The van der Waals surface area contributed by atoms with Crippen molar-refractivity contribution in [2.45, 2.75) is 24.5 Å². The number of aliphatic hydroxyl groups excluding tert-OH is 2. The molecular formula is C33H30N3O21P3. The van der Waals surface area contributed by atoms with Crippen LogP contribution in [-0.2, 0) is 31.6 Å². The van der Waals surface area contributed by atoms with Gasteiger partial charge in [-0.15, -0.1) is 0 Å². The Labute approximate surface area is 332 Å².